The first-order chi connectivity index (χ1) is 30.6. The van der Waals surface area contributed by atoms with Crippen LogP contribution in [0.4, 0.5) is 0 Å². The molecule has 0 aromatic carbocycles. The maximum absolute atomic E-state index is 12.8. The van der Waals surface area contributed by atoms with Crippen molar-refractivity contribution in [3.8, 4) is 0 Å². The second kappa shape index (κ2) is 44.6. The highest BCUT2D eigenvalue weighted by Crippen LogP contribution is 2.13. The predicted octanol–water partition coefficient (Wildman–Crippen LogP) is 12.7. The number of carboxylic acids is 1. The van der Waals surface area contributed by atoms with Gasteiger partial charge in [-0.1, -0.05) is 162 Å². The number of likely N-dealkylation sites (N-methyl/N-ethyl adjacent to an activating group) is 1. The summed E-state index contributed by atoms with van der Waals surface area (Å²) in [6.45, 7) is 4.38. The van der Waals surface area contributed by atoms with Crippen molar-refractivity contribution in [1.82, 2.24) is 0 Å². The Kier molecular flexibility index (Phi) is 41.8. The first-order valence-electron chi connectivity index (χ1n) is 24.4. The minimum atomic E-state index is -1.14. The molecule has 0 bridgehead atoms. The fraction of sp³-hybridized carbons (Fsp3) is 0.618. The minimum Gasteiger partial charge on any atom is -0.544 e. The fourth-order valence-corrected chi connectivity index (χ4v) is 6.44. The highest BCUT2D eigenvalue weighted by Gasteiger charge is 2.25. The fourth-order valence-electron chi connectivity index (χ4n) is 6.44. The molecule has 0 fully saturated rings. The Bertz CT molecular complexity index is 1390. The van der Waals surface area contributed by atoms with Crippen LogP contribution in [0.2, 0.25) is 0 Å². The molecule has 2 unspecified atom stereocenters. The van der Waals surface area contributed by atoms with Gasteiger partial charge in [-0.25, -0.2) is 0 Å². The maximum atomic E-state index is 12.8. The van der Waals surface area contributed by atoms with Crippen LogP contribution in [0, 0.1) is 0 Å². The van der Waals surface area contributed by atoms with Gasteiger partial charge >= 0.3 is 11.9 Å². The van der Waals surface area contributed by atoms with E-state index < -0.39 is 18.1 Å². The zero-order valence-electron chi connectivity index (χ0n) is 40.4. The van der Waals surface area contributed by atoms with E-state index in [2.05, 4.69) is 123 Å². The number of rotatable bonds is 42. The number of aliphatic carboxylic acids is 1. The average Bonchev–Trinajstić information content (AvgIpc) is 3.24. The molecule has 0 amide bonds. The number of unbranched alkanes of at least 4 members (excludes halogenated alkanes) is 10. The normalized spacial score (nSPS) is 13.9. The standard InChI is InChI=1S/C55H89NO7/c1-6-8-10-12-14-16-18-20-22-24-26-28-29-31-33-35-37-39-41-43-45-53(57)62-50-51(49-61-48-47-52(55(59)60)56(3,4)5)63-54(58)46-44-42-40-38-36-34-32-30-27-25-23-21-19-17-15-13-11-9-7-2/h8-11,14-17,20-23,26-28,30-31,33,51-52H,6-7,12-13,18-19,24-25,29,32,34-50H2,1-5H3/b10-8+,11-9+,16-14+,17-15+,22-20+,23-21+,28-26+,30-27+,33-31+. The average molecular weight is 876 g/mol. The van der Waals surface area contributed by atoms with Gasteiger partial charge in [-0.15, -0.1) is 0 Å². The number of nitrogens with zero attached hydrogens (tertiary/aromatic N) is 1. The van der Waals surface area contributed by atoms with Crippen LogP contribution in [-0.2, 0) is 28.6 Å². The first kappa shape index (κ1) is 59.0. The van der Waals surface area contributed by atoms with Crippen LogP contribution in [0.5, 0.6) is 0 Å². The van der Waals surface area contributed by atoms with Crippen molar-refractivity contribution in [2.24, 2.45) is 0 Å². The molecule has 0 N–H and O–H groups in total. The number of hydrogen-bond acceptors (Lipinski definition) is 7. The number of carboxylic acid groups (broad SMARTS) is 1. The van der Waals surface area contributed by atoms with Crippen LogP contribution in [-0.4, -0.2) is 75.5 Å². The van der Waals surface area contributed by atoms with Gasteiger partial charge in [0.1, 0.15) is 12.6 Å². The topological polar surface area (TPSA) is 102 Å². The van der Waals surface area contributed by atoms with Gasteiger partial charge in [-0.2, -0.15) is 0 Å². The summed E-state index contributed by atoms with van der Waals surface area (Å²) in [6.07, 6.45) is 61.1. The van der Waals surface area contributed by atoms with Crippen LogP contribution >= 0.6 is 0 Å². The third-order valence-corrected chi connectivity index (χ3v) is 10.2. The third kappa shape index (κ3) is 43.0. The summed E-state index contributed by atoms with van der Waals surface area (Å²) >= 11 is 0. The lowest BCUT2D eigenvalue weighted by Gasteiger charge is -2.34. The zero-order chi connectivity index (χ0) is 46.3. The molecular formula is C55H89NO7. The first-order valence-corrected chi connectivity index (χ1v) is 24.4. The van der Waals surface area contributed by atoms with Gasteiger partial charge < -0.3 is 28.6 Å². The summed E-state index contributed by atoms with van der Waals surface area (Å²) < 4.78 is 17.2. The second-order valence-electron chi connectivity index (χ2n) is 16.9. The largest absolute Gasteiger partial charge is 0.544 e. The summed E-state index contributed by atoms with van der Waals surface area (Å²) in [4.78, 5) is 37.0. The lowest BCUT2D eigenvalue weighted by Crippen LogP contribution is -2.55. The van der Waals surface area contributed by atoms with Crippen molar-refractivity contribution in [3.05, 3.63) is 109 Å². The van der Waals surface area contributed by atoms with Gasteiger partial charge in [-0.3, -0.25) is 9.59 Å². The number of esters is 2. The van der Waals surface area contributed by atoms with Gasteiger partial charge in [0.25, 0.3) is 0 Å². The van der Waals surface area contributed by atoms with E-state index in [0.717, 1.165) is 122 Å². The number of ether oxygens (including phenoxy) is 3. The molecule has 356 valence electrons. The van der Waals surface area contributed by atoms with Gasteiger partial charge in [0.15, 0.2) is 6.10 Å². The van der Waals surface area contributed by atoms with E-state index in [0.29, 0.717) is 12.8 Å². The molecule has 0 spiro atoms. The maximum Gasteiger partial charge on any atom is 0.306 e. The molecule has 0 aromatic rings. The second-order valence-corrected chi connectivity index (χ2v) is 16.9. The van der Waals surface area contributed by atoms with E-state index in [1.807, 2.05) is 0 Å². The minimum absolute atomic E-state index is 0.0189. The highest BCUT2D eigenvalue weighted by molar-refractivity contribution is 5.70. The van der Waals surface area contributed by atoms with Crippen LogP contribution in [0.15, 0.2) is 109 Å². The van der Waals surface area contributed by atoms with Crippen molar-refractivity contribution in [1.29, 1.82) is 0 Å². The number of carbonyl (C=O) groups excluding carboxylic acids is 3. The molecule has 2 atom stereocenters. The SMILES string of the molecule is CC/C=C/C/C=C/C/C=C/C/C=C/C/C=C/CCCCCCC(=O)OCC(COCCC(C(=O)[O-])[N+](C)(C)C)OC(=O)CCCCCCCC/C=C/C/C=C/C/C=C/C/C=C/CC. The van der Waals surface area contributed by atoms with E-state index in [-0.39, 0.29) is 42.7 Å². The van der Waals surface area contributed by atoms with Crippen LogP contribution in [0.1, 0.15) is 168 Å². The summed E-state index contributed by atoms with van der Waals surface area (Å²) in [5, 5.41) is 11.7. The Morgan fingerprint density at radius 3 is 1.24 bits per heavy atom. The van der Waals surface area contributed by atoms with E-state index >= 15 is 0 Å². The van der Waals surface area contributed by atoms with Crippen molar-refractivity contribution < 1.29 is 38.2 Å². The van der Waals surface area contributed by atoms with E-state index in [9.17, 15) is 19.5 Å². The van der Waals surface area contributed by atoms with Crippen molar-refractivity contribution in [2.75, 3.05) is 41.0 Å². The zero-order valence-corrected chi connectivity index (χ0v) is 40.4. The molecule has 0 aliphatic carbocycles. The van der Waals surface area contributed by atoms with Crippen LogP contribution in [0.25, 0.3) is 0 Å². The van der Waals surface area contributed by atoms with E-state index in [4.69, 9.17) is 14.2 Å². The molecule has 0 saturated carbocycles. The Labute approximate surface area is 385 Å². The number of quaternary nitrogens is 1. The number of allylic oxidation sites excluding steroid dienone is 18. The smallest absolute Gasteiger partial charge is 0.306 e. The van der Waals surface area contributed by atoms with E-state index in [1.165, 1.54) is 12.8 Å². The number of hydrogen-bond donors (Lipinski definition) is 0. The highest BCUT2D eigenvalue weighted by atomic mass is 16.6. The summed E-state index contributed by atoms with van der Waals surface area (Å²) in [5.74, 6) is -1.80. The van der Waals surface area contributed by atoms with Gasteiger partial charge in [0, 0.05) is 19.3 Å². The summed E-state index contributed by atoms with van der Waals surface area (Å²) in [7, 11) is 5.39. The quantitative estimate of drug-likeness (QED) is 0.0260. The van der Waals surface area contributed by atoms with Crippen LogP contribution < -0.4 is 5.11 Å². The third-order valence-electron chi connectivity index (χ3n) is 10.2. The molecule has 0 aliphatic heterocycles. The molecule has 0 rings (SSSR count). The lowest BCUT2D eigenvalue weighted by molar-refractivity contribution is -0.889. The Morgan fingerprint density at radius 1 is 0.476 bits per heavy atom. The Hall–Kier alpha value is -4.01. The van der Waals surface area contributed by atoms with Gasteiger partial charge in [-0.05, 0) is 96.3 Å². The summed E-state index contributed by atoms with van der Waals surface area (Å²) in [5.41, 5.74) is 0. The molecule has 0 radical (unpaired) electrons. The lowest BCUT2D eigenvalue weighted by atomic mass is 10.1. The van der Waals surface area contributed by atoms with Gasteiger partial charge in [0.2, 0.25) is 0 Å². The molecule has 8 heteroatoms. The monoisotopic (exact) mass is 876 g/mol. The molecule has 63 heavy (non-hydrogen) atoms. The molecule has 8 nitrogen and oxygen atoms in total. The van der Waals surface area contributed by atoms with Crippen molar-refractivity contribution in [3.63, 3.8) is 0 Å². The Balaban J connectivity index is 4.39. The molecule has 0 heterocycles. The van der Waals surface area contributed by atoms with Crippen molar-refractivity contribution >= 4 is 17.9 Å². The van der Waals surface area contributed by atoms with Gasteiger partial charge in [0.05, 0.1) is 40.3 Å². The summed E-state index contributed by atoms with van der Waals surface area (Å²) in [6, 6.07) is -0.740. The molecule has 0 aromatic heterocycles. The van der Waals surface area contributed by atoms with E-state index in [1.54, 1.807) is 21.1 Å². The molecule has 0 saturated heterocycles. The predicted molar refractivity (Wildman–Crippen MR) is 263 cm³/mol. The van der Waals surface area contributed by atoms with Crippen molar-refractivity contribution in [2.45, 2.75) is 180 Å². The van der Waals surface area contributed by atoms with Crippen LogP contribution in [0.3, 0.4) is 0 Å². The number of carbonyl (C=O) groups is 3. The molecule has 0 aliphatic rings. The molecular weight excluding hydrogens is 787 g/mol. The Morgan fingerprint density at radius 2 is 0.841 bits per heavy atom.